The molecule has 1 aromatic carbocycles. The van der Waals surface area contributed by atoms with Gasteiger partial charge in [0.1, 0.15) is 5.60 Å². The molecule has 2 saturated heterocycles. The average Bonchev–Trinajstić information content (AvgIpc) is 2.99. The van der Waals surface area contributed by atoms with Crippen LogP contribution in [0.5, 0.6) is 0 Å². The molecule has 0 bridgehead atoms. The van der Waals surface area contributed by atoms with E-state index < -0.39 is 5.60 Å². The van der Waals surface area contributed by atoms with Crippen molar-refractivity contribution >= 4 is 0 Å². The molecule has 2 heterocycles. The number of rotatable bonds is 10. The fraction of sp³-hybridized carbons (Fsp3) is 0.706. The predicted octanol–water partition coefficient (Wildman–Crippen LogP) is 6.02. The lowest BCUT2D eigenvalue weighted by Crippen LogP contribution is -2.48. The van der Waals surface area contributed by atoms with Crippen LogP contribution in [0, 0.1) is 24.2 Å². The summed E-state index contributed by atoms with van der Waals surface area (Å²) in [6.45, 7) is 3.07. The highest BCUT2D eigenvalue weighted by Gasteiger charge is 2.43. The molecular weight excluding hydrogens is 502 g/mol. The lowest BCUT2D eigenvalue weighted by molar-refractivity contribution is -0.162. The number of ether oxygens (including phenoxy) is 4. The quantitative estimate of drug-likeness (QED) is 0.283. The van der Waals surface area contributed by atoms with Gasteiger partial charge in [-0.05, 0) is 96.7 Å². The zero-order chi connectivity index (χ0) is 28.5. The van der Waals surface area contributed by atoms with E-state index >= 15 is 0 Å². The van der Waals surface area contributed by atoms with Gasteiger partial charge in [0.15, 0.2) is 12.6 Å². The number of hydrogen-bond donors (Lipinski definition) is 1. The fourth-order valence-corrected chi connectivity index (χ4v) is 5.62. The lowest BCUT2D eigenvalue weighted by Gasteiger charge is -2.47. The molecule has 1 N–H and O–H groups in total. The first-order valence-electron chi connectivity index (χ1n) is 15.3. The molecule has 1 aliphatic carbocycles. The van der Waals surface area contributed by atoms with Gasteiger partial charge < -0.3 is 24.1 Å². The summed E-state index contributed by atoms with van der Waals surface area (Å²) in [5.74, 6) is 8.94. The minimum absolute atomic E-state index is 0.0109. The van der Waals surface area contributed by atoms with E-state index in [1.165, 1.54) is 24.8 Å². The molecule has 2 aliphatic heterocycles. The zero-order valence-corrected chi connectivity index (χ0v) is 24.9. The van der Waals surface area contributed by atoms with Crippen molar-refractivity contribution in [2.24, 2.45) is 0 Å². The van der Waals surface area contributed by atoms with Gasteiger partial charge in [-0.3, -0.25) is 4.90 Å². The lowest BCUT2D eigenvalue weighted by atomic mass is 9.70. The summed E-state index contributed by atoms with van der Waals surface area (Å²) in [5.41, 5.74) is 0.460. The van der Waals surface area contributed by atoms with Gasteiger partial charge >= 0.3 is 0 Å². The number of benzene rings is 1. The summed E-state index contributed by atoms with van der Waals surface area (Å²) in [6, 6.07) is 10.7. The summed E-state index contributed by atoms with van der Waals surface area (Å²) in [4.78, 5) is 2.31. The molecule has 4 rings (SSSR count). The molecule has 0 amide bonds. The van der Waals surface area contributed by atoms with E-state index in [9.17, 15) is 5.11 Å². The molecule has 3 aliphatic rings. The Morgan fingerprint density at radius 3 is 1.95 bits per heavy atom. The van der Waals surface area contributed by atoms with Crippen molar-refractivity contribution in [1.29, 1.82) is 0 Å². The Hall–Kier alpha value is -1.90. The predicted molar refractivity (Wildman–Crippen MR) is 159 cm³/mol. The largest absolute Gasteiger partial charge is 0.378 e. The summed E-state index contributed by atoms with van der Waals surface area (Å²) >= 11 is 0. The molecule has 6 nitrogen and oxygen atoms in total. The Balaban J connectivity index is 0.000000307. The molecule has 0 aromatic heterocycles. The SMILES string of the molecule is C#CCCCOC1CCCCO1.CN(C)C1(c2ccccc2)CCC(O)(C#CCCCOC2CCCCO2)CC1. The van der Waals surface area contributed by atoms with Crippen LogP contribution < -0.4 is 0 Å². The number of unbranched alkanes of at least 4 members (excludes halogenated alkanes) is 2. The highest BCUT2D eigenvalue weighted by molar-refractivity contribution is 5.27. The first-order chi connectivity index (χ1) is 19.5. The van der Waals surface area contributed by atoms with Crippen LogP contribution in [-0.4, -0.2) is 68.7 Å². The van der Waals surface area contributed by atoms with Gasteiger partial charge in [0.2, 0.25) is 0 Å². The normalized spacial score (nSPS) is 28.5. The van der Waals surface area contributed by atoms with Gasteiger partial charge in [-0.2, -0.15) is 0 Å². The second kappa shape index (κ2) is 17.8. The number of hydrogen-bond acceptors (Lipinski definition) is 6. The van der Waals surface area contributed by atoms with Gasteiger partial charge in [-0.15, -0.1) is 18.3 Å². The summed E-state index contributed by atoms with van der Waals surface area (Å²) in [6.07, 6.45) is 18.5. The molecule has 1 saturated carbocycles. The first kappa shape index (κ1) is 32.6. The monoisotopic (exact) mass is 553 g/mol. The summed E-state index contributed by atoms with van der Waals surface area (Å²) in [5, 5.41) is 10.9. The van der Waals surface area contributed by atoms with E-state index in [-0.39, 0.29) is 18.1 Å². The van der Waals surface area contributed by atoms with Gasteiger partial charge in [0.25, 0.3) is 0 Å². The maximum atomic E-state index is 10.9. The Labute approximate surface area is 243 Å². The molecule has 6 heteroatoms. The van der Waals surface area contributed by atoms with Crippen molar-refractivity contribution in [1.82, 2.24) is 4.90 Å². The van der Waals surface area contributed by atoms with Crippen molar-refractivity contribution in [3.8, 4) is 24.2 Å². The van der Waals surface area contributed by atoms with Crippen LogP contribution in [-0.2, 0) is 24.5 Å². The fourth-order valence-electron chi connectivity index (χ4n) is 5.62. The van der Waals surface area contributed by atoms with Crippen molar-refractivity contribution in [3.63, 3.8) is 0 Å². The third kappa shape index (κ3) is 10.8. The van der Waals surface area contributed by atoms with E-state index in [4.69, 9.17) is 25.4 Å². The minimum Gasteiger partial charge on any atom is -0.378 e. The smallest absolute Gasteiger partial charge is 0.157 e. The number of aliphatic hydroxyl groups is 1. The standard InChI is InChI=1S/C24H35NO3.C10H16O2/c1-25(2)24(21-11-5-3-6-12-21)17-15-23(26,16-18-24)14-8-4-9-19-27-22-13-7-10-20-28-22;1-2-3-5-8-11-10-7-4-6-9-12-10/h3,5-6,11-12,22,26H,4,7,9-10,13,15-20H2,1-2H3;1,10H,3-9H2. The summed E-state index contributed by atoms with van der Waals surface area (Å²) < 4.78 is 22.2. The Morgan fingerprint density at radius 1 is 0.875 bits per heavy atom. The topological polar surface area (TPSA) is 60.4 Å². The van der Waals surface area contributed by atoms with Crippen molar-refractivity contribution in [2.75, 3.05) is 40.5 Å². The van der Waals surface area contributed by atoms with Gasteiger partial charge in [0.05, 0.1) is 13.2 Å². The molecule has 2 unspecified atom stereocenters. The maximum absolute atomic E-state index is 10.9. The Kier molecular flexibility index (Phi) is 14.5. The van der Waals surface area contributed by atoms with Crippen LogP contribution in [0.1, 0.15) is 95.5 Å². The van der Waals surface area contributed by atoms with Crippen molar-refractivity contribution < 1.29 is 24.1 Å². The molecule has 222 valence electrons. The highest BCUT2D eigenvalue weighted by Crippen LogP contribution is 2.44. The molecule has 3 fully saturated rings. The molecule has 40 heavy (non-hydrogen) atoms. The zero-order valence-electron chi connectivity index (χ0n) is 24.9. The van der Waals surface area contributed by atoms with Crippen LogP contribution in [0.15, 0.2) is 30.3 Å². The average molecular weight is 554 g/mol. The van der Waals surface area contributed by atoms with Crippen LogP contribution in [0.3, 0.4) is 0 Å². The molecular formula is C34H51NO5. The van der Waals surface area contributed by atoms with Crippen molar-refractivity contribution in [2.45, 2.75) is 114 Å². The van der Waals surface area contributed by atoms with E-state index in [0.29, 0.717) is 19.4 Å². The van der Waals surface area contributed by atoms with E-state index in [0.717, 1.165) is 77.6 Å². The number of nitrogens with zero attached hydrogens (tertiary/aromatic N) is 1. The minimum atomic E-state index is -0.859. The van der Waals surface area contributed by atoms with E-state index in [2.05, 4.69) is 67.1 Å². The highest BCUT2D eigenvalue weighted by atomic mass is 16.7. The molecule has 0 spiro atoms. The molecule has 2 atom stereocenters. The van der Waals surface area contributed by atoms with Crippen molar-refractivity contribution in [3.05, 3.63) is 35.9 Å². The number of terminal acetylenes is 1. The van der Waals surface area contributed by atoms with Crippen LogP contribution in [0.2, 0.25) is 0 Å². The van der Waals surface area contributed by atoms with Crippen LogP contribution >= 0.6 is 0 Å². The van der Waals surface area contributed by atoms with Crippen LogP contribution in [0.25, 0.3) is 0 Å². The van der Waals surface area contributed by atoms with Gasteiger partial charge in [0, 0.05) is 31.6 Å². The second-order valence-corrected chi connectivity index (χ2v) is 11.4. The summed E-state index contributed by atoms with van der Waals surface area (Å²) in [7, 11) is 4.28. The van der Waals surface area contributed by atoms with E-state index in [1.807, 2.05) is 0 Å². The van der Waals surface area contributed by atoms with Gasteiger partial charge in [-0.25, -0.2) is 0 Å². The van der Waals surface area contributed by atoms with E-state index in [1.54, 1.807) is 0 Å². The first-order valence-corrected chi connectivity index (χ1v) is 15.3. The van der Waals surface area contributed by atoms with Gasteiger partial charge in [-0.1, -0.05) is 36.3 Å². The second-order valence-electron chi connectivity index (χ2n) is 11.4. The Morgan fingerprint density at radius 2 is 1.45 bits per heavy atom. The molecule has 0 radical (unpaired) electrons. The maximum Gasteiger partial charge on any atom is 0.157 e. The van der Waals surface area contributed by atoms with Crippen LogP contribution in [0.4, 0.5) is 0 Å². The molecule has 1 aromatic rings. The third-order valence-electron chi connectivity index (χ3n) is 8.19. The third-order valence-corrected chi connectivity index (χ3v) is 8.19. The Bertz CT molecular complexity index is 911.